The van der Waals surface area contributed by atoms with Crippen LogP contribution in [0, 0.1) is 5.82 Å². The van der Waals surface area contributed by atoms with Gasteiger partial charge in [-0.1, -0.05) is 49.4 Å². The molecule has 7 heteroatoms. The first-order valence-corrected chi connectivity index (χ1v) is 10.1. The predicted octanol–water partition coefficient (Wildman–Crippen LogP) is 4.17. The van der Waals surface area contributed by atoms with Gasteiger partial charge in [0.25, 0.3) is 11.1 Å². The Morgan fingerprint density at radius 2 is 1.83 bits per heavy atom. The van der Waals surface area contributed by atoms with Gasteiger partial charge in [0.15, 0.2) is 0 Å². The highest BCUT2D eigenvalue weighted by Gasteiger charge is 2.34. The number of carbonyl (C=O) groups excluding carboxylic acids is 3. The van der Waals surface area contributed by atoms with E-state index in [0.29, 0.717) is 12.0 Å². The van der Waals surface area contributed by atoms with E-state index in [4.69, 9.17) is 0 Å². The van der Waals surface area contributed by atoms with Crippen LogP contribution in [0.3, 0.4) is 0 Å². The Labute approximate surface area is 173 Å². The molecule has 3 rings (SSSR count). The van der Waals surface area contributed by atoms with Crippen LogP contribution in [0.25, 0.3) is 6.08 Å². The number of hydrogen-bond acceptors (Lipinski definition) is 4. The molecule has 3 amide bonds. The van der Waals surface area contributed by atoms with Crippen LogP contribution >= 0.6 is 11.8 Å². The molecule has 2 aromatic carbocycles. The van der Waals surface area contributed by atoms with E-state index in [9.17, 15) is 18.8 Å². The zero-order chi connectivity index (χ0) is 20.8. The van der Waals surface area contributed by atoms with Crippen LogP contribution in [0.2, 0.25) is 0 Å². The molecule has 0 radical (unpaired) electrons. The van der Waals surface area contributed by atoms with Gasteiger partial charge in [-0.15, -0.1) is 0 Å². The third-order valence-corrected chi connectivity index (χ3v) is 5.47. The van der Waals surface area contributed by atoms with E-state index in [1.807, 2.05) is 37.3 Å². The largest absolute Gasteiger partial charge is 0.354 e. The van der Waals surface area contributed by atoms with Gasteiger partial charge in [0.1, 0.15) is 5.82 Å². The molecule has 0 spiro atoms. The quantitative estimate of drug-likeness (QED) is 0.693. The summed E-state index contributed by atoms with van der Waals surface area (Å²) >= 11 is 0.840. The molecule has 0 saturated carbocycles. The van der Waals surface area contributed by atoms with E-state index in [-0.39, 0.29) is 40.9 Å². The van der Waals surface area contributed by atoms with Gasteiger partial charge in [-0.05, 0) is 47.0 Å². The Morgan fingerprint density at radius 3 is 2.52 bits per heavy atom. The first-order chi connectivity index (χ1) is 13.9. The second kappa shape index (κ2) is 9.52. The molecule has 1 aliphatic heterocycles. The second-order valence-electron chi connectivity index (χ2n) is 6.75. The predicted molar refractivity (Wildman–Crippen MR) is 112 cm³/mol. The Kier molecular flexibility index (Phi) is 6.82. The fourth-order valence-electron chi connectivity index (χ4n) is 2.96. The highest BCUT2D eigenvalue weighted by molar-refractivity contribution is 8.18. The van der Waals surface area contributed by atoms with Crippen LogP contribution in [0.15, 0.2) is 59.5 Å². The van der Waals surface area contributed by atoms with E-state index in [1.165, 1.54) is 24.3 Å². The van der Waals surface area contributed by atoms with E-state index in [2.05, 4.69) is 5.32 Å². The fraction of sp³-hybridized carbons (Fsp3) is 0.227. The third-order valence-electron chi connectivity index (χ3n) is 4.56. The van der Waals surface area contributed by atoms with Crippen molar-refractivity contribution in [1.29, 1.82) is 0 Å². The van der Waals surface area contributed by atoms with Crippen LogP contribution in [0.5, 0.6) is 0 Å². The summed E-state index contributed by atoms with van der Waals surface area (Å²) in [6, 6.07) is 15.4. The van der Waals surface area contributed by atoms with E-state index >= 15 is 0 Å². The summed E-state index contributed by atoms with van der Waals surface area (Å²) in [7, 11) is 0. The van der Waals surface area contributed by atoms with Crippen LogP contribution in [-0.4, -0.2) is 35.0 Å². The third kappa shape index (κ3) is 5.54. The lowest BCUT2D eigenvalue weighted by atomic mass is 9.98. The number of rotatable bonds is 7. The van der Waals surface area contributed by atoms with Crippen molar-refractivity contribution < 1.29 is 18.8 Å². The zero-order valence-corrected chi connectivity index (χ0v) is 16.7. The minimum Gasteiger partial charge on any atom is -0.354 e. The topological polar surface area (TPSA) is 66.5 Å². The number of carbonyl (C=O) groups is 3. The molecule has 0 aliphatic carbocycles. The molecule has 0 bridgehead atoms. The molecule has 1 N–H and O–H groups in total. The number of nitrogens with zero attached hydrogens (tertiary/aromatic N) is 1. The molecule has 1 saturated heterocycles. The second-order valence-corrected chi connectivity index (χ2v) is 7.74. The van der Waals surface area contributed by atoms with Crippen LogP contribution in [-0.2, 0) is 9.59 Å². The first kappa shape index (κ1) is 20.8. The van der Waals surface area contributed by atoms with Gasteiger partial charge in [0, 0.05) is 19.5 Å². The Bertz CT molecular complexity index is 929. The minimum absolute atomic E-state index is 0.0760. The molecule has 5 nitrogen and oxygen atoms in total. The lowest BCUT2D eigenvalue weighted by molar-refractivity contribution is -0.124. The van der Waals surface area contributed by atoms with E-state index in [1.54, 1.807) is 6.08 Å². The number of hydrogen-bond donors (Lipinski definition) is 1. The fourth-order valence-corrected chi connectivity index (χ4v) is 3.82. The molecule has 0 unspecified atom stereocenters. The number of thioether (sulfide) groups is 1. The van der Waals surface area contributed by atoms with Crippen LogP contribution in [0.4, 0.5) is 9.18 Å². The van der Waals surface area contributed by atoms with Gasteiger partial charge in [-0.3, -0.25) is 19.3 Å². The van der Waals surface area contributed by atoms with Gasteiger partial charge in [-0.2, -0.15) is 0 Å². The van der Waals surface area contributed by atoms with Gasteiger partial charge >= 0.3 is 0 Å². The SMILES string of the molecule is C[C@@H](CC(=O)NCCN1C(=O)S/C(=C\c2ccc(F)cc2)C1=O)c1ccccc1. The average molecular weight is 412 g/mol. The van der Waals surface area contributed by atoms with E-state index < -0.39 is 5.91 Å². The summed E-state index contributed by atoms with van der Waals surface area (Å²) < 4.78 is 13.0. The summed E-state index contributed by atoms with van der Waals surface area (Å²) in [6.07, 6.45) is 1.89. The molecular formula is C22H21FN2O3S. The summed E-state index contributed by atoms with van der Waals surface area (Å²) in [5.41, 5.74) is 1.72. The van der Waals surface area contributed by atoms with Crippen LogP contribution in [0.1, 0.15) is 30.4 Å². The van der Waals surface area contributed by atoms with Gasteiger partial charge in [0.05, 0.1) is 4.91 Å². The molecule has 1 fully saturated rings. The number of amides is 3. The number of benzene rings is 2. The van der Waals surface area contributed by atoms with Crippen molar-refractivity contribution in [2.75, 3.05) is 13.1 Å². The molecule has 1 aliphatic rings. The van der Waals surface area contributed by atoms with Crippen molar-refractivity contribution in [2.45, 2.75) is 19.3 Å². The maximum Gasteiger partial charge on any atom is 0.293 e. The summed E-state index contributed by atoms with van der Waals surface area (Å²) in [5.74, 6) is -0.828. The van der Waals surface area contributed by atoms with Gasteiger partial charge < -0.3 is 5.32 Å². The van der Waals surface area contributed by atoms with Crippen molar-refractivity contribution in [3.05, 3.63) is 76.4 Å². The van der Waals surface area contributed by atoms with Crippen molar-refractivity contribution in [3.8, 4) is 0 Å². The first-order valence-electron chi connectivity index (χ1n) is 9.26. The molecule has 0 aromatic heterocycles. The van der Waals surface area contributed by atoms with Gasteiger partial charge in [-0.25, -0.2) is 4.39 Å². The Balaban J connectivity index is 1.50. The maximum absolute atomic E-state index is 13.0. The molecule has 150 valence electrons. The highest BCUT2D eigenvalue weighted by Crippen LogP contribution is 2.31. The van der Waals surface area contributed by atoms with Crippen molar-refractivity contribution >= 4 is 34.9 Å². The molecule has 2 aromatic rings. The van der Waals surface area contributed by atoms with Crippen molar-refractivity contribution in [1.82, 2.24) is 10.2 Å². The van der Waals surface area contributed by atoms with Crippen molar-refractivity contribution in [3.63, 3.8) is 0 Å². The van der Waals surface area contributed by atoms with Gasteiger partial charge in [0.2, 0.25) is 5.91 Å². The Hall–Kier alpha value is -2.93. The molecule has 1 heterocycles. The van der Waals surface area contributed by atoms with Crippen LogP contribution < -0.4 is 5.32 Å². The summed E-state index contributed by atoms with van der Waals surface area (Å²) in [5, 5.41) is 2.39. The van der Waals surface area contributed by atoms with Crippen molar-refractivity contribution in [2.24, 2.45) is 0 Å². The number of halogens is 1. The normalized spacial score (nSPS) is 16.3. The molecular weight excluding hydrogens is 391 g/mol. The average Bonchev–Trinajstić information content (AvgIpc) is 2.97. The molecule has 1 atom stereocenters. The summed E-state index contributed by atoms with van der Waals surface area (Å²) in [4.78, 5) is 38.1. The maximum atomic E-state index is 13.0. The lowest BCUT2D eigenvalue weighted by Crippen LogP contribution is -2.37. The minimum atomic E-state index is -0.406. The van der Waals surface area contributed by atoms with E-state index in [0.717, 1.165) is 22.2 Å². The number of imide groups is 1. The highest BCUT2D eigenvalue weighted by atomic mass is 32.2. The lowest BCUT2D eigenvalue weighted by Gasteiger charge is -2.15. The Morgan fingerprint density at radius 1 is 1.14 bits per heavy atom. The smallest absolute Gasteiger partial charge is 0.293 e. The summed E-state index contributed by atoms with van der Waals surface area (Å²) in [6.45, 7) is 2.28. The molecule has 29 heavy (non-hydrogen) atoms. The zero-order valence-electron chi connectivity index (χ0n) is 15.9. The number of nitrogens with one attached hydrogen (secondary N) is 1. The standard InChI is InChI=1S/C22H21FN2O3S/c1-15(17-5-3-2-4-6-17)13-20(26)24-11-12-25-21(27)19(29-22(25)28)14-16-7-9-18(23)10-8-16/h2-10,14-15H,11-13H2,1H3,(H,24,26)/b19-14-/t15-/m0/s1. The monoisotopic (exact) mass is 412 g/mol.